The smallest absolute Gasteiger partial charge is 0.307 e. The highest BCUT2D eigenvalue weighted by Gasteiger charge is 2.66. The van der Waals surface area contributed by atoms with Crippen LogP contribution >= 0.6 is 0 Å². The van der Waals surface area contributed by atoms with Gasteiger partial charge in [-0.05, 0) is 5.41 Å². The lowest BCUT2D eigenvalue weighted by molar-refractivity contribution is -0.142. The number of nitrogens with two attached hydrogens (primary N) is 1. The summed E-state index contributed by atoms with van der Waals surface area (Å²) < 4.78 is 0. The molecule has 1 saturated carbocycles. The number of carboxylic acids is 1. The van der Waals surface area contributed by atoms with E-state index >= 15 is 0 Å². The first-order chi connectivity index (χ1) is 7.19. The quantitative estimate of drug-likeness (QED) is 0.663. The molecule has 0 aromatic heterocycles. The van der Waals surface area contributed by atoms with Gasteiger partial charge in [0, 0.05) is 7.05 Å². The maximum Gasteiger partial charge on any atom is 0.307 e. The zero-order valence-corrected chi connectivity index (χ0v) is 9.56. The SMILES string of the molecule is CN(CC(N)=O)C(=O)C1C(C(=O)O)C1(C)C. The molecule has 1 fully saturated rings. The fraction of sp³-hybridized carbons (Fsp3) is 0.700. The van der Waals surface area contributed by atoms with Crippen LogP contribution in [0, 0.1) is 17.3 Å². The summed E-state index contributed by atoms with van der Waals surface area (Å²) in [7, 11) is 1.44. The van der Waals surface area contributed by atoms with Gasteiger partial charge < -0.3 is 15.7 Å². The van der Waals surface area contributed by atoms with Crippen LogP contribution in [0.25, 0.3) is 0 Å². The number of likely N-dealkylation sites (N-methyl/N-ethyl adjacent to an activating group) is 1. The molecule has 0 bridgehead atoms. The summed E-state index contributed by atoms with van der Waals surface area (Å²) >= 11 is 0. The number of amides is 2. The predicted octanol–water partition coefficient (Wildman–Crippen LogP) is -0.713. The van der Waals surface area contributed by atoms with Crippen molar-refractivity contribution in [3.8, 4) is 0 Å². The van der Waals surface area contributed by atoms with Crippen LogP contribution in [0.3, 0.4) is 0 Å². The number of primary amides is 1. The van der Waals surface area contributed by atoms with E-state index in [1.807, 2.05) is 0 Å². The zero-order chi connectivity index (χ0) is 12.7. The van der Waals surface area contributed by atoms with Crippen molar-refractivity contribution in [1.29, 1.82) is 0 Å². The number of rotatable bonds is 4. The van der Waals surface area contributed by atoms with Crippen LogP contribution in [0.4, 0.5) is 0 Å². The van der Waals surface area contributed by atoms with Crippen molar-refractivity contribution >= 4 is 17.8 Å². The van der Waals surface area contributed by atoms with Crippen molar-refractivity contribution in [3.05, 3.63) is 0 Å². The maximum atomic E-state index is 11.8. The molecular formula is C10H16N2O4. The van der Waals surface area contributed by atoms with Crippen LogP contribution in [-0.4, -0.2) is 41.4 Å². The number of carbonyl (C=O) groups excluding carboxylic acids is 2. The predicted molar refractivity (Wildman–Crippen MR) is 55.2 cm³/mol. The molecule has 3 N–H and O–H groups in total. The van der Waals surface area contributed by atoms with E-state index in [2.05, 4.69) is 0 Å². The Morgan fingerprint density at radius 3 is 2.12 bits per heavy atom. The Morgan fingerprint density at radius 2 is 1.81 bits per heavy atom. The van der Waals surface area contributed by atoms with Crippen LogP contribution in [0.2, 0.25) is 0 Å². The Balaban J connectivity index is 2.70. The molecule has 0 heterocycles. The Kier molecular flexibility index (Phi) is 2.94. The highest BCUT2D eigenvalue weighted by atomic mass is 16.4. The first-order valence-corrected chi connectivity index (χ1v) is 4.95. The van der Waals surface area contributed by atoms with Crippen molar-refractivity contribution in [2.45, 2.75) is 13.8 Å². The standard InChI is InChI=1S/C10H16N2O4/c1-10(2)6(7(10)9(15)16)8(14)12(3)4-5(11)13/h6-7H,4H2,1-3H3,(H2,11,13)(H,15,16). The molecule has 0 saturated heterocycles. The van der Waals surface area contributed by atoms with Gasteiger partial charge in [0.2, 0.25) is 11.8 Å². The third-order valence-corrected chi connectivity index (χ3v) is 3.13. The number of hydrogen-bond acceptors (Lipinski definition) is 3. The molecule has 1 aliphatic carbocycles. The van der Waals surface area contributed by atoms with E-state index in [4.69, 9.17) is 10.8 Å². The van der Waals surface area contributed by atoms with Gasteiger partial charge in [-0.2, -0.15) is 0 Å². The van der Waals surface area contributed by atoms with Gasteiger partial charge in [0.05, 0.1) is 18.4 Å². The molecule has 0 aliphatic heterocycles. The third-order valence-electron chi connectivity index (χ3n) is 3.13. The summed E-state index contributed by atoms with van der Waals surface area (Å²) in [6.45, 7) is 3.27. The van der Waals surface area contributed by atoms with Gasteiger partial charge in [-0.1, -0.05) is 13.8 Å². The highest BCUT2D eigenvalue weighted by molar-refractivity contribution is 5.93. The second-order valence-corrected chi connectivity index (χ2v) is 4.78. The van der Waals surface area contributed by atoms with Crippen molar-refractivity contribution in [2.75, 3.05) is 13.6 Å². The van der Waals surface area contributed by atoms with Crippen LogP contribution in [-0.2, 0) is 14.4 Å². The molecule has 6 heteroatoms. The number of nitrogens with zero attached hydrogens (tertiary/aromatic N) is 1. The average Bonchev–Trinajstić information content (AvgIpc) is 2.66. The Labute approximate surface area is 93.4 Å². The van der Waals surface area contributed by atoms with Crippen LogP contribution in [0.5, 0.6) is 0 Å². The minimum absolute atomic E-state index is 0.183. The van der Waals surface area contributed by atoms with Gasteiger partial charge >= 0.3 is 5.97 Å². The summed E-state index contributed by atoms with van der Waals surface area (Å²) in [5, 5.41) is 8.91. The van der Waals surface area contributed by atoms with E-state index in [-0.39, 0.29) is 12.5 Å². The summed E-state index contributed by atoms with van der Waals surface area (Å²) in [5.74, 6) is -3.15. The van der Waals surface area contributed by atoms with E-state index in [0.29, 0.717) is 0 Å². The summed E-state index contributed by atoms with van der Waals surface area (Å²) in [5.41, 5.74) is 4.42. The minimum atomic E-state index is -0.976. The monoisotopic (exact) mass is 228 g/mol. The van der Waals surface area contributed by atoms with E-state index < -0.39 is 29.1 Å². The number of aliphatic carboxylic acids is 1. The van der Waals surface area contributed by atoms with Gasteiger partial charge in [-0.25, -0.2) is 0 Å². The zero-order valence-electron chi connectivity index (χ0n) is 9.56. The van der Waals surface area contributed by atoms with E-state index in [1.54, 1.807) is 13.8 Å². The molecule has 1 aliphatic rings. The number of hydrogen-bond donors (Lipinski definition) is 2. The normalized spacial score (nSPS) is 25.9. The van der Waals surface area contributed by atoms with Crippen LogP contribution in [0.1, 0.15) is 13.8 Å². The fourth-order valence-electron chi connectivity index (χ4n) is 2.11. The lowest BCUT2D eigenvalue weighted by Gasteiger charge is -2.15. The van der Waals surface area contributed by atoms with Gasteiger partial charge in [-0.15, -0.1) is 0 Å². The number of carbonyl (C=O) groups is 3. The molecule has 2 atom stereocenters. The fourth-order valence-corrected chi connectivity index (χ4v) is 2.11. The lowest BCUT2D eigenvalue weighted by atomic mass is 10.1. The molecule has 16 heavy (non-hydrogen) atoms. The van der Waals surface area contributed by atoms with Crippen molar-refractivity contribution < 1.29 is 19.5 Å². The third kappa shape index (κ3) is 2.00. The lowest BCUT2D eigenvalue weighted by Crippen LogP contribution is -2.37. The summed E-state index contributed by atoms with van der Waals surface area (Å²) in [6, 6.07) is 0. The molecule has 0 radical (unpaired) electrons. The van der Waals surface area contributed by atoms with Gasteiger partial charge in [-0.3, -0.25) is 14.4 Å². The molecule has 6 nitrogen and oxygen atoms in total. The average molecular weight is 228 g/mol. The Bertz CT molecular complexity index is 351. The van der Waals surface area contributed by atoms with E-state index in [0.717, 1.165) is 0 Å². The number of carboxylic acid groups (broad SMARTS) is 1. The second-order valence-electron chi connectivity index (χ2n) is 4.78. The van der Waals surface area contributed by atoms with Crippen LogP contribution < -0.4 is 5.73 Å². The Hall–Kier alpha value is -1.59. The summed E-state index contributed by atoms with van der Waals surface area (Å²) in [6.07, 6.45) is 0. The van der Waals surface area contributed by atoms with Gasteiger partial charge in [0.15, 0.2) is 0 Å². The molecule has 2 unspecified atom stereocenters. The highest BCUT2D eigenvalue weighted by Crippen LogP contribution is 2.58. The molecular weight excluding hydrogens is 212 g/mol. The van der Waals surface area contributed by atoms with E-state index in [1.165, 1.54) is 11.9 Å². The Morgan fingerprint density at radius 1 is 1.31 bits per heavy atom. The van der Waals surface area contributed by atoms with Crippen LogP contribution in [0.15, 0.2) is 0 Å². The molecule has 0 aromatic rings. The van der Waals surface area contributed by atoms with Crippen molar-refractivity contribution in [3.63, 3.8) is 0 Å². The molecule has 90 valence electrons. The first-order valence-electron chi connectivity index (χ1n) is 4.95. The summed E-state index contributed by atoms with van der Waals surface area (Å²) in [4.78, 5) is 34.5. The minimum Gasteiger partial charge on any atom is -0.481 e. The second kappa shape index (κ2) is 3.77. The van der Waals surface area contributed by atoms with Crippen molar-refractivity contribution in [1.82, 2.24) is 4.90 Å². The van der Waals surface area contributed by atoms with E-state index in [9.17, 15) is 14.4 Å². The maximum absolute atomic E-state index is 11.8. The molecule has 2 amide bonds. The van der Waals surface area contributed by atoms with Gasteiger partial charge in [0.1, 0.15) is 0 Å². The molecule has 0 aromatic carbocycles. The first kappa shape index (κ1) is 12.5. The largest absolute Gasteiger partial charge is 0.481 e. The molecule has 0 spiro atoms. The van der Waals surface area contributed by atoms with Gasteiger partial charge in [0.25, 0.3) is 0 Å². The molecule has 1 rings (SSSR count). The van der Waals surface area contributed by atoms with Crippen molar-refractivity contribution in [2.24, 2.45) is 23.0 Å². The topological polar surface area (TPSA) is 101 Å².